The lowest BCUT2D eigenvalue weighted by Gasteiger charge is -2.42. The van der Waals surface area contributed by atoms with Gasteiger partial charge in [-0.05, 0) is 31.0 Å². The summed E-state index contributed by atoms with van der Waals surface area (Å²) in [7, 11) is 1.76. The minimum Gasteiger partial charge on any atom is -0.396 e. The quantitative estimate of drug-likeness (QED) is 0.847. The lowest BCUT2D eigenvalue weighted by atomic mass is 9.69. The van der Waals surface area contributed by atoms with Crippen LogP contribution >= 0.6 is 0 Å². The largest absolute Gasteiger partial charge is 0.396 e. The van der Waals surface area contributed by atoms with Gasteiger partial charge in [0.15, 0.2) is 0 Å². The summed E-state index contributed by atoms with van der Waals surface area (Å²) in [6, 6.07) is 6.97. The monoisotopic (exact) mass is 304 g/mol. The first-order valence-corrected chi connectivity index (χ1v) is 7.76. The third-order valence-electron chi connectivity index (χ3n) is 4.38. The van der Waals surface area contributed by atoms with Gasteiger partial charge in [-0.3, -0.25) is 9.59 Å². The number of amides is 2. The first-order valence-electron chi connectivity index (χ1n) is 7.76. The topological polar surface area (TPSA) is 69.6 Å². The number of hydrogen-bond acceptors (Lipinski definition) is 3. The van der Waals surface area contributed by atoms with Crippen molar-refractivity contribution in [3.63, 3.8) is 0 Å². The smallest absolute Gasteiger partial charge is 0.253 e. The molecule has 0 aliphatic heterocycles. The van der Waals surface area contributed by atoms with Gasteiger partial charge in [0.2, 0.25) is 5.91 Å². The highest BCUT2D eigenvalue weighted by molar-refractivity contribution is 5.97. The minimum absolute atomic E-state index is 0.0772. The van der Waals surface area contributed by atoms with Gasteiger partial charge in [-0.25, -0.2) is 0 Å². The van der Waals surface area contributed by atoms with E-state index in [-0.39, 0.29) is 23.8 Å². The van der Waals surface area contributed by atoms with E-state index in [1.807, 2.05) is 0 Å². The van der Waals surface area contributed by atoms with Gasteiger partial charge in [-0.1, -0.05) is 19.4 Å². The molecule has 1 aromatic rings. The van der Waals surface area contributed by atoms with Crippen molar-refractivity contribution in [2.75, 3.05) is 25.5 Å². The first kappa shape index (κ1) is 16.5. The number of benzene rings is 1. The lowest BCUT2D eigenvalue weighted by Crippen LogP contribution is -2.45. The SMILES string of the molecule is CCC(=O)Nc1cccc(C(=O)N(C)CC2(CO)CCC2)c1. The number of carbonyl (C=O) groups is 2. The van der Waals surface area contributed by atoms with Crippen molar-refractivity contribution in [1.29, 1.82) is 0 Å². The Labute approximate surface area is 131 Å². The van der Waals surface area contributed by atoms with E-state index >= 15 is 0 Å². The number of hydrogen-bond donors (Lipinski definition) is 2. The van der Waals surface area contributed by atoms with E-state index < -0.39 is 0 Å². The Bertz CT molecular complexity index is 547. The maximum absolute atomic E-state index is 12.5. The minimum atomic E-state index is -0.127. The van der Waals surface area contributed by atoms with Crippen molar-refractivity contribution >= 4 is 17.5 Å². The predicted molar refractivity (Wildman–Crippen MR) is 85.7 cm³/mol. The zero-order valence-corrected chi connectivity index (χ0v) is 13.3. The van der Waals surface area contributed by atoms with Crippen molar-refractivity contribution in [2.45, 2.75) is 32.6 Å². The summed E-state index contributed by atoms with van der Waals surface area (Å²) in [6.07, 6.45) is 3.44. The molecule has 2 amide bonds. The van der Waals surface area contributed by atoms with Gasteiger partial charge in [0, 0.05) is 36.7 Å². The van der Waals surface area contributed by atoms with E-state index in [0.29, 0.717) is 24.2 Å². The average molecular weight is 304 g/mol. The third-order valence-corrected chi connectivity index (χ3v) is 4.38. The standard InChI is InChI=1S/C17H24N2O3/c1-3-15(21)18-14-7-4-6-13(10-14)16(22)19(2)11-17(12-20)8-5-9-17/h4,6-7,10,20H,3,5,8-9,11-12H2,1-2H3,(H,18,21). The van der Waals surface area contributed by atoms with Crippen molar-refractivity contribution < 1.29 is 14.7 Å². The average Bonchev–Trinajstić information content (AvgIpc) is 2.50. The van der Waals surface area contributed by atoms with Gasteiger partial charge < -0.3 is 15.3 Å². The molecule has 1 aromatic carbocycles. The Morgan fingerprint density at radius 2 is 2.09 bits per heavy atom. The molecular formula is C17H24N2O3. The summed E-state index contributed by atoms with van der Waals surface area (Å²) in [5, 5.41) is 12.3. The van der Waals surface area contributed by atoms with Gasteiger partial charge in [0.05, 0.1) is 6.61 Å². The van der Waals surface area contributed by atoms with Gasteiger partial charge >= 0.3 is 0 Å². The van der Waals surface area contributed by atoms with E-state index in [2.05, 4.69) is 5.32 Å². The lowest BCUT2D eigenvalue weighted by molar-refractivity contribution is -0.115. The molecule has 5 nitrogen and oxygen atoms in total. The number of aliphatic hydroxyl groups excluding tert-OH is 1. The fourth-order valence-electron chi connectivity index (χ4n) is 2.82. The molecule has 0 bridgehead atoms. The zero-order valence-electron chi connectivity index (χ0n) is 13.3. The summed E-state index contributed by atoms with van der Waals surface area (Å²) in [6.45, 7) is 2.47. The predicted octanol–water partition coefficient (Wildman–Crippen LogP) is 2.27. The van der Waals surface area contributed by atoms with Crippen LogP contribution < -0.4 is 5.32 Å². The molecule has 120 valence electrons. The highest BCUT2D eigenvalue weighted by Crippen LogP contribution is 2.41. The van der Waals surface area contributed by atoms with E-state index in [1.165, 1.54) is 0 Å². The summed E-state index contributed by atoms with van der Waals surface area (Å²) < 4.78 is 0. The molecule has 1 aliphatic carbocycles. The molecule has 0 unspecified atom stereocenters. The van der Waals surface area contributed by atoms with Crippen LogP contribution in [0, 0.1) is 5.41 Å². The maximum atomic E-state index is 12.5. The second kappa shape index (κ2) is 6.92. The number of aliphatic hydroxyl groups is 1. The molecule has 0 heterocycles. The second-order valence-electron chi connectivity index (χ2n) is 6.16. The van der Waals surface area contributed by atoms with Crippen molar-refractivity contribution in [2.24, 2.45) is 5.41 Å². The number of nitrogens with one attached hydrogen (secondary N) is 1. The fourth-order valence-corrected chi connectivity index (χ4v) is 2.82. The molecular weight excluding hydrogens is 280 g/mol. The van der Waals surface area contributed by atoms with E-state index in [4.69, 9.17) is 0 Å². The van der Waals surface area contributed by atoms with Gasteiger partial charge in [0.1, 0.15) is 0 Å². The first-order chi connectivity index (χ1) is 10.5. The Hall–Kier alpha value is -1.88. The molecule has 2 rings (SSSR count). The molecule has 5 heteroatoms. The fraction of sp³-hybridized carbons (Fsp3) is 0.529. The van der Waals surface area contributed by atoms with Crippen LogP contribution in [0.25, 0.3) is 0 Å². The molecule has 2 N–H and O–H groups in total. The molecule has 1 fully saturated rings. The Morgan fingerprint density at radius 3 is 2.64 bits per heavy atom. The number of rotatable bonds is 6. The molecule has 22 heavy (non-hydrogen) atoms. The Balaban J connectivity index is 2.05. The van der Waals surface area contributed by atoms with Crippen LogP contribution in [0.5, 0.6) is 0 Å². The molecule has 0 radical (unpaired) electrons. The van der Waals surface area contributed by atoms with Crippen LogP contribution in [0.3, 0.4) is 0 Å². The van der Waals surface area contributed by atoms with Crippen LogP contribution in [0.15, 0.2) is 24.3 Å². The number of anilines is 1. The van der Waals surface area contributed by atoms with E-state index in [1.54, 1.807) is 43.1 Å². The number of nitrogens with zero attached hydrogens (tertiary/aromatic N) is 1. The zero-order chi connectivity index (χ0) is 16.2. The second-order valence-corrected chi connectivity index (χ2v) is 6.16. The van der Waals surface area contributed by atoms with Crippen LogP contribution in [0.1, 0.15) is 43.0 Å². The van der Waals surface area contributed by atoms with E-state index in [0.717, 1.165) is 19.3 Å². The van der Waals surface area contributed by atoms with Crippen LogP contribution in [-0.4, -0.2) is 42.0 Å². The normalized spacial score (nSPS) is 15.8. The summed E-state index contributed by atoms with van der Waals surface area (Å²) in [4.78, 5) is 25.6. The summed E-state index contributed by atoms with van der Waals surface area (Å²) in [5.74, 6) is -0.168. The van der Waals surface area contributed by atoms with Crippen LogP contribution in [0.2, 0.25) is 0 Å². The summed E-state index contributed by atoms with van der Waals surface area (Å²) >= 11 is 0. The highest BCUT2D eigenvalue weighted by Gasteiger charge is 2.38. The van der Waals surface area contributed by atoms with E-state index in [9.17, 15) is 14.7 Å². The molecule has 0 atom stereocenters. The summed E-state index contributed by atoms with van der Waals surface area (Å²) in [5.41, 5.74) is 1.05. The molecule has 1 aliphatic rings. The highest BCUT2D eigenvalue weighted by atomic mass is 16.3. The molecule has 1 saturated carbocycles. The Morgan fingerprint density at radius 1 is 1.36 bits per heavy atom. The van der Waals surface area contributed by atoms with Crippen LogP contribution in [-0.2, 0) is 4.79 Å². The van der Waals surface area contributed by atoms with Gasteiger partial charge in [0.25, 0.3) is 5.91 Å². The molecule has 0 saturated heterocycles. The molecule has 0 spiro atoms. The van der Waals surface area contributed by atoms with Crippen molar-refractivity contribution in [3.8, 4) is 0 Å². The van der Waals surface area contributed by atoms with Crippen molar-refractivity contribution in [3.05, 3.63) is 29.8 Å². The molecule has 0 aromatic heterocycles. The third kappa shape index (κ3) is 3.65. The maximum Gasteiger partial charge on any atom is 0.253 e. The van der Waals surface area contributed by atoms with Gasteiger partial charge in [-0.15, -0.1) is 0 Å². The Kier molecular flexibility index (Phi) is 5.19. The number of carbonyl (C=O) groups excluding carboxylic acids is 2. The van der Waals surface area contributed by atoms with Gasteiger partial charge in [-0.2, -0.15) is 0 Å². The van der Waals surface area contributed by atoms with Crippen molar-refractivity contribution in [1.82, 2.24) is 4.90 Å². The van der Waals surface area contributed by atoms with Crippen LogP contribution in [0.4, 0.5) is 5.69 Å².